The summed E-state index contributed by atoms with van der Waals surface area (Å²) in [5, 5.41) is 0.922. The second-order valence-electron chi connectivity index (χ2n) is 3.48. The molecule has 0 radical (unpaired) electrons. The number of hydrogen-bond donors (Lipinski definition) is 1. The average Bonchev–Trinajstić information content (AvgIpc) is 2.30. The van der Waals surface area contributed by atoms with E-state index in [1.807, 2.05) is 0 Å². The van der Waals surface area contributed by atoms with Gasteiger partial charge in [0.25, 0.3) is 0 Å². The first-order valence-corrected chi connectivity index (χ1v) is 6.42. The summed E-state index contributed by atoms with van der Waals surface area (Å²) in [5.74, 6) is -1.49. The van der Waals surface area contributed by atoms with Crippen molar-refractivity contribution in [3.8, 4) is 0 Å². The third-order valence-corrected chi connectivity index (χ3v) is 3.96. The summed E-state index contributed by atoms with van der Waals surface area (Å²) >= 11 is 12.9. The molecule has 0 spiro atoms. The van der Waals surface area contributed by atoms with E-state index in [9.17, 15) is 8.78 Å². The van der Waals surface area contributed by atoms with Crippen LogP contribution in [0.2, 0.25) is 10.0 Å². The number of benzene rings is 2. The molecule has 18 heavy (non-hydrogen) atoms. The van der Waals surface area contributed by atoms with Crippen molar-refractivity contribution in [2.45, 2.75) is 9.79 Å². The van der Waals surface area contributed by atoms with Crippen LogP contribution in [-0.4, -0.2) is 0 Å². The zero-order valence-corrected chi connectivity index (χ0v) is 11.2. The molecule has 94 valence electrons. The maximum atomic E-state index is 13.3. The van der Waals surface area contributed by atoms with Crippen molar-refractivity contribution in [2.75, 3.05) is 5.73 Å². The molecule has 2 N–H and O–H groups in total. The molecular weight excluding hydrogens is 299 g/mol. The maximum Gasteiger partial charge on any atom is 0.150 e. The van der Waals surface area contributed by atoms with Gasteiger partial charge in [-0.05, 0) is 24.3 Å². The fourth-order valence-electron chi connectivity index (χ4n) is 1.32. The lowest BCUT2D eigenvalue weighted by Crippen LogP contribution is -1.95. The SMILES string of the molecule is Nc1c(F)cc(F)cc1Sc1cc(Cl)ccc1Cl. The fourth-order valence-corrected chi connectivity index (χ4v) is 2.76. The monoisotopic (exact) mass is 305 g/mol. The lowest BCUT2D eigenvalue weighted by Gasteiger charge is -2.08. The minimum atomic E-state index is -0.796. The third-order valence-electron chi connectivity index (χ3n) is 2.17. The Morgan fingerprint density at radius 2 is 1.72 bits per heavy atom. The molecule has 0 aliphatic carbocycles. The van der Waals surface area contributed by atoms with E-state index < -0.39 is 11.6 Å². The molecule has 0 heterocycles. The Morgan fingerprint density at radius 1 is 1.00 bits per heavy atom. The maximum absolute atomic E-state index is 13.3. The second-order valence-corrected chi connectivity index (χ2v) is 5.40. The van der Waals surface area contributed by atoms with Gasteiger partial charge in [-0.2, -0.15) is 0 Å². The fraction of sp³-hybridized carbons (Fsp3) is 0. The van der Waals surface area contributed by atoms with Crippen LogP contribution < -0.4 is 5.73 Å². The lowest BCUT2D eigenvalue weighted by molar-refractivity contribution is 0.581. The van der Waals surface area contributed by atoms with E-state index in [-0.39, 0.29) is 10.6 Å². The van der Waals surface area contributed by atoms with Crippen molar-refractivity contribution < 1.29 is 8.78 Å². The quantitative estimate of drug-likeness (QED) is 0.790. The van der Waals surface area contributed by atoms with Crippen LogP contribution in [0.4, 0.5) is 14.5 Å². The molecule has 0 aliphatic rings. The van der Waals surface area contributed by atoms with Gasteiger partial charge in [-0.15, -0.1) is 0 Å². The van der Waals surface area contributed by atoms with Crippen LogP contribution in [0, 0.1) is 11.6 Å². The molecule has 0 aromatic heterocycles. The smallest absolute Gasteiger partial charge is 0.150 e. The van der Waals surface area contributed by atoms with Gasteiger partial charge in [0.1, 0.15) is 11.6 Å². The van der Waals surface area contributed by atoms with Crippen LogP contribution in [0.15, 0.2) is 40.1 Å². The summed E-state index contributed by atoms with van der Waals surface area (Å²) in [6.07, 6.45) is 0. The summed E-state index contributed by atoms with van der Waals surface area (Å²) in [6, 6.07) is 6.73. The molecule has 0 aliphatic heterocycles. The summed E-state index contributed by atoms with van der Waals surface area (Å²) in [6.45, 7) is 0. The Morgan fingerprint density at radius 3 is 2.44 bits per heavy atom. The molecule has 2 aromatic rings. The van der Waals surface area contributed by atoms with E-state index in [2.05, 4.69) is 0 Å². The molecule has 0 saturated heterocycles. The number of anilines is 1. The molecular formula is C12H7Cl2F2NS. The Labute approximate surface area is 117 Å². The average molecular weight is 306 g/mol. The van der Waals surface area contributed by atoms with Gasteiger partial charge in [0.15, 0.2) is 0 Å². The van der Waals surface area contributed by atoms with Gasteiger partial charge in [0.05, 0.1) is 10.7 Å². The predicted molar refractivity (Wildman–Crippen MR) is 71.4 cm³/mol. The van der Waals surface area contributed by atoms with Crippen LogP contribution in [-0.2, 0) is 0 Å². The topological polar surface area (TPSA) is 26.0 Å². The molecule has 2 aromatic carbocycles. The molecule has 0 amide bonds. The number of nitrogens with two attached hydrogens (primary N) is 1. The molecule has 1 nitrogen and oxygen atoms in total. The van der Waals surface area contributed by atoms with Crippen molar-refractivity contribution >= 4 is 40.7 Å². The standard InChI is InChI=1S/C12H7Cl2F2NS/c13-6-1-2-8(14)10(3-6)18-11-5-7(15)4-9(16)12(11)17/h1-5H,17H2. The largest absolute Gasteiger partial charge is 0.395 e. The summed E-state index contributed by atoms with van der Waals surface area (Å²) in [5.41, 5.74) is 5.44. The van der Waals surface area contributed by atoms with E-state index >= 15 is 0 Å². The highest BCUT2D eigenvalue weighted by Gasteiger charge is 2.11. The number of halogens is 4. The zero-order chi connectivity index (χ0) is 13.3. The highest BCUT2D eigenvalue weighted by molar-refractivity contribution is 7.99. The van der Waals surface area contributed by atoms with Crippen LogP contribution in [0.3, 0.4) is 0 Å². The lowest BCUT2D eigenvalue weighted by atomic mass is 10.3. The molecule has 0 atom stereocenters. The van der Waals surface area contributed by atoms with Crippen molar-refractivity contribution in [1.29, 1.82) is 0 Å². The second kappa shape index (κ2) is 5.34. The van der Waals surface area contributed by atoms with Gasteiger partial charge in [0.2, 0.25) is 0 Å². The van der Waals surface area contributed by atoms with E-state index in [4.69, 9.17) is 28.9 Å². The molecule has 6 heteroatoms. The minimum Gasteiger partial charge on any atom is -0.395 e. The zero-order valence-electron chi connectivity index (χ0n) is 8.88. The number of rotatable bonds is 2. The van der Waals surface area contributed by atoms with Crippen molar-refractivity contribution in [3.63, 3.8) is 0 Å². The first-order chi connectivity index (χ1) is 8.47. The van der Waals surface area contributed by atoms with Crippen molar-refractivity contribution in [1.82, 2.24) is 0 Å². The summed E-state index contributed by atoms with van der Waals surface area (Å²) < 4.78 is 26.4. The van der Waals surface area contributed by atoms with Crippen LogP contribution in [0.25, 0.3) is 0 Å². The summed E-state index contributed by atoms with van der Waals surface area (Å²) in [7, 11) is 0. The van der Waals surface area contributed by atoms with Crippen LogP contribution in [0.5, 0.6) is 0 Å². The molecule has 0 saturated carbocycles. The molecule has 0 unspecified atom stereocenters. The van der Waals surface area contributed by atoms with E-state index in [1.54, 1.807) is 18.2 Å². The van der Waals surface area contributed by atoms with Gasteiger partial charge < -0.3 is 5.73 Å². The highest BCUT2D eigenvalue weighted by atomic mass is 35.5. The number of nitrogen functional groups attached to an aromatic ring is 1. The highest BCUT2D eigenvalue weighted by Crippen LogP contribution is 2.38. The first-order valence-electron chi connectivity index (χ1n) is 4.85. The van der Waals surface area contributed by atoms with E-state index in [0.717, 1.165) is 23.9 Å². The van der Waals surface area contributed by atoms with Gasteiger partial charge in [0, 0.05) is 20.9 Å². The van der Waals surface area contributed by atoms with E-state index in [0.29, 0.717) is 14.9 Å². The Bertz CT molecular complexity index is 605. The van der Waals surface area contributed by atoms with Gasteiger partial charge in [-0.1, -0.05) is 35.0 Å². The van der Waals surface area contributed by atoms with Gasteiger partial charge >= 0.3 is 0 Å². The Hall–Kier alpha value is -0.970. The Balaban J connectivity index is 2.43. The minimum absolute atomic E-state index is 0.113. The predicted octanol–water partition coefficient (Wildman–Crippen LogP) is 5.01. The van der Waals surface area contributed by atoms with Crippen LogP contribution in [0.1, 0.15) is 0 Å². The molecule has 2 rings (SSSR count). The Kier molecular flexibility index (Phi) is 4.00. The van der Waals surface area contributed by atoms with Gasteiger partial charge in [-0.25, -0.2) is 8.78 Å². The normalized spacial score (nSPS) is 10.7. The number of hydrogen-bond acceptors (Lipinski definition) is 2. The first kappa shape index (κ1) is 13.5. The van der Waals surface area contributed by atoms with Crippen molar-refractivity contribution in [3.05, 3.63) is 52.0 Å². The third kappa shape index (κ3) is 2.88. The van der Waals surface area contributed by atoms with Crippen molar-refractivity contribution in [2.24, 2.45) is 0 Å². The molecule has 0 fully saturated rings. The van der Waals surface area contributed by atoms with E-state index in [1.165, 1.54) is 0 Å². The van der Waals surface area contributed by atoms with Crippen LogP contribution >= 0.6 is 35.0 Å². The van der Waals surface area contributed by atoms with Gasteiger partial charge in [-0.3, -0.25) is 0 Å². The molecule has 0 bridgehead atoms. The summed E-state index contributed by atoms with van der Waals surface area (Å²) in [4.78, 5) is 0.845.